The quantitative estimate of drug-likeness (QED) is 0.577. The van der Waals surface area contributed by atoms with Gasteiger partial charge in [0.25, 0.3) is 0 Å². The first-order chi connectivity index (χ1) is 4.84. The molecular formula is C7H16N2O. The maximum atomic E-state index is 5.07. The second-order valence-electron chi connectivity index (χ2n) is 2.78. The maximum absolute atomic E-state index is 5.07. The average Bonchev–Trinajstić information content (AvgIpc) is 1.79. The lowest BCUT2D eigenvalue weighted by Crippen LogP contribution is -2.48. The molecule has 0 radical (unpaired) electrons. The van der Waals surface area contributed by atoms with Gasteiger partial charge in [0, 0.05) is 13.1 Å². The molecule has 1 aliphatic heterocycles. The molecule has 0 aromatic carbocycles. The van der Waals surface area contributed by atoms with Crippen LogP contribution >= 0.6 is 0 Å². The molecule has 0 bridgehead atoms. The van der Waals surface area contributed by atoms with Crippen LogP contribution in [0.4, 0.5) is 0 Å². The minimum Gasteiger partial charge on any atom is -0.378 e. The van der Waals surface area contributed by atoms with E-state index in [9.17, 15) is 0 Å². The summed E-state index contributed by atoms with van der Waals surface area (Å²) in [6, 6.07) is 0.674. The van der Waals surface area contributed by atoms with Gasteiger partial charge in [-0.25, -0.2) is 0 Å². The summed E-state index contributed by atoms with van der Waals surface area (Å²) < 4.78 is 5.07. The van der Waals surface area contributed by atoms with Crippen molar-refractivity contribution in [1.82, 2.24) is 10.2 Å². The van der Waals surface area contributed by atoms with Gasteiger partial charge in [0.15, 0.2) is 0 Å². The smallest absolute Gasteiger partial charge is 0.0645 e. The number of hydrogen-bond acceptors (Lipinski definition) is 3. The maximum Gasteiger partial charge on any atom is 0.0645 e. The Morgan fingerprint density at radius 3 is 2.70 bits per heavy atom. The van der Waals surface area contributed by atoms with Crippen molar-refractivity contribution in [2.45, 2.75) is 6.04 Å². The Labute approximate surface area is 62.3 Å². The lowest BCUT2D eigenvalue weighted by Gasteiger charge is -2.34. The second kappa shape index (κ2) is 3.91. The van der Waals surface area contributed by atoms with Crippen molar-refractivity contribution in [2.24, 2.45) is 0 Å². The van der Waals surface area contributed by atoms with Gasteiger partial charge in [-0.15, -0.1) is 0 Å². The van der Waals surface area contributed by atoms with E-state index >= 15 is 0 Å². The fourth-order valence-electron chi connectivity index (χ4n) is 0.948. The predicted molar refractivity (Wildman–Crippen MR) is 41.2 cm³/mol. The molecule has 3 heteroatoms. The number of nitrogens with zero attached hydrogens (tertiary/aromatic N) is 1. The van der Waals surface area contributed by atoms with E-state index in [1.807, 2.05) is 7.05 Å². The van der Waals surface area contributed by atoms with E-state index in [-0.39, 0.29) is 0 Å². The van der Waals surface area contributed by atoms with Crippen LogP contribution in [0.25, 0.3) is 0 Å². The van der Waals surface area contributed by atoms with Gasteiger partial charge >= 0.3 is 0 Å². The van der Waals surface area contributed by atoms with E-state index in [0.29, 0.717) is 6.04 Å². The zero-order valence-corrected chi connectivity index (χ0v) is 6.76. The third-order valence-corrected chi connectivity index (χ3v) is 1.96. The highest BCUT2D eigenvalue weighted by molar-refractivity contribution is 4.74. The topological polar surface area (TPSA) is 24.5 Å². The molecule has 1 aliphatic rings. The number of rotatable bonds is 4. The number of nitrogens with one attached hydrogen (secondary N) is 1. The summed E-state index contributed by atoms with van der Waals surface area (Å²) in [5, 5.41) is 3.12. The van der Waals surface area contributed by atoms with Crippen molar-refractivity contribution >= 4 is 0 Å². The van der Waals surface area contributed by atoms with Gasteiger partial charge in [0.1, 0.15) is 0 Å². The van der Waals surface area contributed by atoms with Crippen LogP contribution in [0.15, 0.2) is 0 Å². The molecule has 1 saturated heterocycles. The first-order valence-corrected chi connectivity index (χ1v) is 3.77. The first-order valence-electron chi connectivity index (χ1n) is 3.77. The third kappa shape index (κ3) is 1.94. The van der Waals surface area contributed by atoms with Crippen LogP contribution in [-0.4, -0.2) is 51.3 Å². The van der Waals surface area contributed by atoms with Crippen LogP contribution in [0.1, 0.15) is 0 Å². The Bertz CT molecular complexity index is 93.6. The van der Waals surface area contributed by atoms with Crippen molar-refractivity contribution in [2.75, 3.05) is 40.4 Å². The summed E-state index contributed by atoms with van der Waals surface area (Å²) in [7, 11) is 4.12. The van der Waals surface area contributed by atoms with E-state index in [0.717, 1.165) is 26.3 Å². The molecule has 1 N–H and O–H groups in total. The van der Waals surface area contributed by atoms with Crippen molar-refractivity contribution in [1.29, 1.82) is 0 Å². The van der Waals surface area contributed by atoms with Gasteiger partial charge in [-0.2, -0.15) is 0 Å². The normalized spacial score (nSPS) is 19.5. The molecule has 10 heavy (non-hydrogen) atoms. The summed E-state index contributed by atoms with van der Waals surface area (Å²) >= 11 is 0. The Morgan fingerprint density at radius 1 is 1.60 bits per heavy atom. The first kappa shape index (κ1) is 7.98. The summed E-state index contributed by atoms with van der Waals surface area (Å²) in [5.74, 6) is 0. The molecule has 60 valence electrons. The Morgan fingerprint density at radius 2 is 2.30 bits per heavy atom. The monoisotopic (exact) mass is 144 g/mol. The van der Waals surface area contributed by atoms with Gasteiger partial charge in [-0.3, -0.25) is 4.90 Å². The molecular weight excluding hydrogens is 128 g/mol. The van der Waals surface area contributed by atoms with Gasteiger partial charge in [0.05, 0.1) is 19.3 Å². The summed E-state index contributed by atoms with van der Waals surface area (Å²) in [6.45, 7) is 4.01. The van der Waals surface area contributed by atoms with Crippen LogP contribution in [-0.2, 0) is 4.74 Å². The highest BCUT2D eigenvalue weighted by Crippen LogP contribution is 2.06. The molecule has 0 atom stereocenters. The fourth-order valence-corrected chi connectivity index (χ4v) is 0.948. The van der Waals surface area contributed by atoms with Gasteiger partial charge in [-0.05, 0) is 14.1 Å². The largest absolute Gasteiger partial charge is 0.378 e. The summed E-state index contributed by atoms with van der Waals surface area (Å²) in [6.07, 6.45) is 0. The highest BCUT2D eigenvalue weighted by atomic mass is 16.5. The molecule has 0 amide bonds. The third-order valence-electron chi connectivity index (χ3n) is 1.96. The SMILES string of the molecule is CNCCN(C)C1COC1. The van der Waals surface area contributed by atoms with Crippen LogP contribution in [0.2, 0.25) is 0 Å². The van der Waals surface area contributed by atoms with E-state index < -0.39 is 0 Å². The lowest BCUT2D eigenvalue weighted by molar-refractivity contribution is -0.0553. The molecule has 0 aliphatic carbocycles. The minimum absolute atomic E-state index is 0.674. The lowest BCUT2D eigenvalue weighted by atomic mass is 10.2. The summed E-state index contributed by atoms with van der Waals surface area (Å²) in [5.41, 5.74) is 0. The number of ether oxygens (including phenoxy) is 1. The van der Waals surface area contributed by atoms with Crippen LogP contribution < -0.4 is 5.32 Å². The van der Waals surface area contributed by atoms with Crippen LogP contribution in [0.3, 0.4) is 0 Å². The minimum atomic E-state index is 0.674. The zero-order chi connectivity index (χ0) is 7.40. The Kier molecular flexibility index (Phi) is 3.12. The van der Waals surface area contributed by atoms with Crippen LogP contribution in [0, 0.1) is 0 Å². The molecule has 0 unspecified atom stereocenters. The molecule has 1 heterocycles. The van der Waals surface area contributed by atoms with E-state index in [1.54, 1.807) is 0 Å². The van der Waals surface area contributed by atoms with Crippen molar-refractivity contribution in [3.63, 3.8) is 0 Å². The molecule has 0 aromatic heterocycles. The summed E-state index contributed by atoms with van der Waals surface area (Å²) in [4.78, 5) is 2.33. The van der Waals surface area contributed by atoms with E-state index in [2.05, 4.69) is 17.3 Å². The van der Waals surface area contributed by atoms with Gasteiger partial charge < -0.3 is 10.1 Å². The fraction of sp³-hybridized carbons (Fsp3) is 1.00. The van der Waals surface area contributed by atoms with Crippen molar-refractivity contribution < 1.29 is 4.74 Å². The molecule has 0 aromatic rings. The second-order valence-corrected chi connectivity index (χ2v) is 2.78. The van der Waals surface area contributed by atoms with Crippen molar-refractivity contribution in [3.05, 3.63) is 0 Å². The zero-order valence-electron chi connectivity index (χ0n) is 6.76. The molecule has 1 rings (SSSR count). The van der Waals surface area contributed by atoms with E-state index in [4.69, 9.17) is 4.74 Å². The van der Waals surface area contributed by atoms with Gasteiger partial charge in [-0.1, -0.05) is 0 Å². The molecule has 3 nitrogen and oxygen atoms in total. The Balaban J connectivity index is 2.02. The molecule has 1 fully saturated rings. The standard InChI is InChI=1S/C7H16N2O/c1-8-3-4-9(2)7-5-10-6-7/h7-8H,3-6H2,1-2H3. The van der Waals surface area contributed by atoms with Crippen LogP contribution in [0.5, 0.6) is 0 Å². The Hall–Kier alpha value is -0.120. The molecule has 0 spiro atoms. The van der Waals surface area contributed by atoms with Crippen molar-refractivity contribution in [3.8, 4) is 0 Å². The molecule has 0 saturated carbocycles. The van der Waals surface area contributed by atoms with Gasteiger partial charge in [0.2, 0.25) is 0 Å². The number of likely N-dealkylation sites (N-methyl/N-ethyl adjacent to an activating group) is 2. The van der Waals surface area contributed by atoms with E-state index in [1.165, 1.54) is 0 Å². The predicted octanol–water partition coefficient (Wildman–Crippen LogP) is -0.464. The number of hydrogen-bond donors (Lipinski definition) is 1. The highest BCUT2D eigenvalue weighted by Gasteiger charge is 2.21. The average molecular weight is 144 g/mol.